The second kappa shape index (κ2) is 5.36. The third kappa shape index (κ3) is 2.42. The zero-order valence-electron chi connectivity index (χ0n) is 10.2. The van der Waals surface area contributed by atoms with Crippen molar-refractivity contribution >= 4 is 21.4 Å². The fourth-order valence-electron chi connectivity index (χ4n) is 2.38. The number of thiophene rings is 1. The first-order chi connectivity index (χ1) is 8.84. The lowest BCUT2D eigenvalue weighted by Crippen LogP contribution is -2.38. The molecule has 1 atom stereocenters. The summed E-state index contributed by atoms with van der Waals surface area (Å²) >= 11 is 1.70. The molecule has 96 valence electrons. The lowest BCUT2D eigenvalue weighted by atomic mass is 10.1. The second-order valence-electron chi connectivity index (χ2n) is 4.62. The Hall–Kier alpha value is -0.940. The van der Waals surface area contributed by atoms with Gasteiger partial charge in [0.2, 0.25) is 0 Å². The van der Waals surface area contributed by atoms with Crippen molar-refractivity contribution in [3.05, 3.63) is 35.2 Å². The van der Waals surface area contributed by atoms with Gasteiger partial charge in [0.15, 0.2) is 0 Å². The quantitative estimate of drug-likeness (QED) is 0.922. The van der Waals surface area contributed by atoms with E-state index in [1.165, 1.54) is 10.1 Å². The van der Waals surface area contributed by atoms with Gasteiger partial charge in [0.1, 0.15) is 0 Å². The Bertz CT molecular complexity index is 519. The molecule has 0 spiro atoms. The van der Waals surface area contributed by atoms with Crippen LogP contribution in [0.4, 0.5) is 0 Å². The van der Waals surface area contributed by atoms with E-state index in [0.717, 1.165) is 31.9 Å². The molecule has 1 saturated heterocycles. The fourth-order valence-corrected chi connectivity index (χ4v) is 3.39. The second-order valence-corrected chi connectivity index (χ2v) is 5.53. The number of morpholine rings is 1. The van der Waals surface area contributed by atoms with E-state index in [9.17, 15) is 5.11 Å². The summed E-state index contributed by atoms with van der Waals surface area (Å²) in [6.45, 7) is 4.08. The van der Waals surface area contributed by atoms with Gasteiger partial charge in [-0.15, -0.1) is 11.3 Å². The summed E-state index contributed by atoms with van der Waals surface area (Å²) in [5.41, 5.74) is 1.06. The zero-order valence-corrected chi connectivity index (χ0v) is 11.0. The molecule has 0 radical (unpaired) electrons. The number of hydrogen-bond acceptors (Lipinski definition) is 4. The molecule has 0 bridgehead atoms. The van der Waals surface area contributed by atoms with Crippen molar-refractivity contribution in [2.24, 2.45) is 0 Å². The molecule has 2 aromatic rings. The highest BCUT2D eigenvalue weighted by Gasteiger charge is 2.18. The molecule has 1 aromatic heterocycles. The van der Waals surface area contributed by atoms with Gasteiger partial charge in [-0.05, 0) is 16.8 Å². The third-order valence-corrected chi connectivity index (χ3v) is 4.39. The van der Waals surface area contributed by atoms with E-state index in [1.807, 2.05) is 12.1 Å². The summed E-state index contributed by atoms with van der Waals surface area (Å²) in [5, 5.41) is 13.6. The summed E-state index contributed by atoms with van der Waals surface area (Å²) in [4.78, 5) is 2.26. The summed E-state index contributed by atoms with van der Waals surface area (Å²) in [7, 11) is 0. The van der Waals surface area contributed by atoms with Crippen molar-refractivity contribution in [1.82, 2.24) is 4.90 Å². The summed E-state index contributed by atoms with van der Waals surface area (Å²) in [6, 6.07) is 8.26. The summed E-state index contributed by atoms with van der Waals surface area (Å²) < 4.78 is 6.56. The van der Waals surface area contributed by atoms with Crippen molar-refractivity contribution in [2.75, 3.05) is 32.8 Å². The average Bonchev–Trinajstić information content (AvgIpc) is 2.84. The van der Waals surface area contributed by atoms with Gasteiger partial charge in [-0.1, -0.05) is 18.2 Å². The van der Waals surface area contributed by atoms with Crippen LogP contribution in [0.2, 0.25) is 0 Å². The molecule has 0 aliphatic carbocycles. The molecule has 3 nitrogen and oxygen atoms in total. The van der Waals surface area contributed by atoms with Gasteiger partial charge in [0.25, 0.3) is 0 Å². The lowest BCUT2D eigenvalue weighted by Gasteiger charge is -2.28. The van der Waals surface area contributed by atoms with Crippen LogP contribution in [0.25, 0.3) is 10.1 Å². The number of β-amino-alcohol motifs (C(OH)–C–C–N with tert-alkyl or cyclic N) is 1. The van der Waals surface area contributed by atoms with Crippen molar-refractivity contribution in [3.63, 3.8) is 0 Å². The van der Waals surface area contributed by atoms with Crippen LogP contribution in [0.15, 0.2) is 29.6 Å². The minimum atomic E-state index is -0.403. The largest absolute Gasteiger partial charge is 0.387 e. The highest BCUT2D eigenvalue weighted by atomic mass is 32.1. The molecule has 1 N–H and O–H groups in total. The molecule has 1 fully saturated rings. The standard InChI is InChI=1S/C14H17NO2S/c16-13(9-15-5-7-17-8-6-15)12-10-18-14-4-2-1-3-11(12)14/h1-4,10,13,16H,5-9H2/t13-/m1/s1. The maximum atomic E-state index is 10.4. The molecule has 3 rings (SSSR count). The summed E-state index contributed by atoms with van der Waals surface area (Å²) in [6.07, 6.45) is -0.403. The lowest BCUT2D eigenvalue weighted by molar-refractivity contribution is 0.0146. The number of aliphatic hydroxyl groups is 1. The van der Waals surface area contributed by atoms with E-state index < -0.39 is 6.10 Å². The molecule has 1 aromatic carbocycles. The summed E-state index contributed by atoms with van der Waals surface area (Å²) in [5.74, 6) is 0. The number of aliphatic hydroxyl groups excluding tert-OH is 1. The van der Waals surface area contributed by atoms with Crippen molar-refractivity contribution in [2.45, 2.75) is 6.10 Å². The Kier molecular flexibility index (Phi) is 3.61. The normalized spacial score (nSPS) is 19.2. The Morgan fingerprint density at radius 2 is 2.06 bits per heavy atom. The van der Waals surface area contributed by atoms with Crippen LogP contribution in [-0.2, 0) is 4.74 Å². The number of fused-ring (bicyclic) bond motifs is 1. The van der Waals surface area contributed by atoms with Crippen LogP contribution in [0.5, 0.6) is 0 Å². The van der Waals surface area contributed by atoms with Gasteiger partial charge in [-0.25, -0.2) is 0 Å². The number of rotatable bonds is 3. The maximum absolute atomic E-state index is 10.4. The molecule has 0 unspecified atom stereocenters. The van der Waals surface area contributed by atoms with Crippen LogP contribution in [0.1, 0.15) is 11.7 Å². The molecular formula is C14H17NO2S. The van der Waals surface area contributed by atoms with Gasteiger partial charge in [0, 0.05) is 29.9 Å². The first kappa shape index (κ1) is 12.1. The Morgan fingerprint density at radius 1 is 1.28 bits per heavy atom. The minimum Gasteiger partial charge on any atom is -0.387 e. The molecular weight excluding hydrogens is 246 g/mol. The maximum Gasteiger partial charge on any atom is 0.0930 e. The van der Waals surface area contributed by atoms with Crippen LogP contribution >= 0.6 is 11.3 Å². The monoisotopic (exact) mass is 263 g/mol. The zero-order chi connectivity index (χ0) is 12.4. The number of ether oxygens (including phenoxy) is 1. The molecule has 2 heterocycles. The van der Waals surface area contributed by atoms with E-state index in [1.54, 1.807) is 11.3 Å². The van der Waals surface area contributed by atoms with Crippen molar-refractivity contribution < 1.29 is 9.84 Å². The van der Waals surface area contributed by atoms with E-state index in [-0.39, 0.29) is 0 Å². The van der Waals surface area contributed by atoms with E-state index in [4.69, 9.17) is 4.74 Å². The topological polar surface area (TPSA) is 32.7 Å². The Morgan fingerprint density at radius 3 is 2.89 bits per heavy atom. The number of hydrogen-bond donors (Lipinski definition) is 1. The van der Waals surface area contributed by atoms with Gasteiger partial charge in [-0.3, -0.25) is 4.90 Å². The number of nitrogens with zero attached hydrogens (tertiary/aromatic N) is 1. The van der Waals surface area contributed by atoms with Crippen LogP contribution < -0.4 is 0 Å². The molecule has 1 aliphatic rings. The molecule has 0 amide bonds. The van der Waals surface area contributed by atoms with Crippen LogP contribution in [0, 0.1) is 0 Å². The van der Waals surface area contributed by atoms with Gasteiger partial charge in [0.05, 0.1) is 19.3 Å². The fraction of sp³-hybridized carbons (Fsp3) is 0.429. The number of benzene rings is 1. The van der Waals surface area contributed by atoms with E-state index in [2.05, 4.69) is 22.4 Å². The highest BCUT2D eigenvalue weighted by Crippen LogP contribution is 2.30. The van der Waals surface area contributed by atoms with Crippen LogP contribution in [0.3, 0.4) is 0 Å². The predicted octanol–water partition coefficient (Wildman–Crippen LogP) is 2.27. The van der Waals surface area contributed by atoms with Gasteiger partial charge >= 0.3 is 0 Å². The molecule has 4 heteroatoms. The SMILES string of the molecule is O[C@H](CN1CCOCC1)c1csc2ccccc12. The Balaban J connectivity index is 1.76. The first-order valence-corrected chi connectivity index (χ1v) is 7.17. The molecule has 0 saturated carbocycles. The highest BCUT2D eigenvalue weighted by molar-refractivity contribution is 7.17. The van der Waals surface area contributed by atoms with Gasteiger partial charge < -0.3 is 9.84 Å². The average molecular weight is 263 g/mol. The first-order valence-electron chi connectivity index (χ1n) is 6.29. The van der Waals surface area contributed by atoms with E-state index in [0.29, 0.717) is 6.54 Å². The molecule has 1 aliphatic heterocycles. The Labute approximate surface area is 111 Å². The van der Waals surface area contributed by atoms with Crippen molar-refractivity contribution in [3.8, 4) is 0 Å². The smallest absolute Gasteiger partial charge is 0.0930 e. The van der Waals surface area contributed by atoms with Gasteiger partial charge in [-0.2, -0.15) is 0 Å². The van der Waals surface area contributed by atoms with E-state index >= 15 is 0 Å². The minimum absolute atomic E-state index is 0.403. The molecule has 18 heavy (non-hydrogen) atoms. The predicted molar refractivity (Wildman–Crippen MR) is 74.0 cm³/mol. The van der Waals surface area contributed by atoms with Crippen molar-refractivity contribution in [1.29, 1.82) is 0 Å². The third-order valence-electron chi connectivity index (χ3n) is 3.40. The van der Waals surface area contributed by atoms with Crippen LogP contribution in [-0.4, -0.2) is 42.9 Å².